The summed E-state index contributed by atoms with van der Waals surface area (Å²) < 4.78 is 7.25. The van der Waals surface area contributed by atoms with Crippen molar-refractivity contribution in [2.75, 3.05) is 21.2 Å². The van der Waals surface area contributed by atoms with Crippen LogP contribution in [0.25, 0.3) is 5.69 Å². The molecule has 2 amide bonds. The third-order valence-corrected chi connectivity index (χ3v) is 5.65. The zero-order valence-electron chi connectivity index (χ0n) is 17.3. The molecule has 1 heterocycles. The predicted octanol–water partition coefficient (Wildman–Crippen LogP) is 4.30. The van der Waals surface area contributed by atoms with Gasteiger partial charge in [0.25, 0.3) is 0 Å². The Balaban J connectivity index is 1.92. The standard InChI is InChI=1S/C21H24ClN5O2S/c1-14-8-9-16(22)11-18(14)27-19(12-23-20(28)26(2)3)24-25-21(27)30-13-15-6-5-7-17(10-15)29-4/h5-11H,12-13H2,1-4H3,(H,23,28). The quantitative estimate of drug-likeness (QED) is 0.549. The van der Waals surface area contributed by atoms with Crippen molar-refractivity contribution in [1.82, 2.24) is 25.0 Å². The molecular weight excluding hydrogens is 422 g/mol. The summed E-state index contributed by atoms with van der Waals surface area (Å²) in [7, 11) is 5.03. The molecule has 3 rings (SSSR count). The molecule has 2 aromatic carbocycles. The zero-order valence-corrected chi connectivity index (χ0v) is 18.9. The second kappa shape index (κ2) is 9.86. The number of nitrogens with one attached hydrogen (secondary N) is 1. The fourth-order valence-corrected chi connectivity index (χ4v) is 3.87. The SMILES string of the molecule is COc1cccc(CSc2nnc(CNC(=O)N(C)C)n2-c2cc(Cl)ccc2C)c1. The summed E-state index contributed by atoms with van der Waals surface area (Å²) in [5, 5.41) is 12.9. The van der Waals surface area contributed by atoms with Crippen LogP contribution in [0.3, 0.4) is 0 Å². The number of benzene rings is 2. The molecule has 0 spiro atoms. The van der Waals surface area contributed by atoms with Crippen molar-refractivity contribution in [2.24, 2.45) is 0 Å². The van der Waals surface area contributed by atoms with E-state index in [1.807, 2.05) is 54.0 Å². The van der Waals surface area contributed by atoms with Crippen molar-refractivity contribution in [3.8, 4) is 11.4 Å². The van der Waals surface area contributed by atoms with E-state index in [1.54, 1.807) is 33.0 Å². The van der Waals surface area contributed by atoms with Crippen LogP contribution in [-0.4, -0.2) is 46.9 Å². The Bertz CT molecular complexity index is 1040. The second-order valence-corrected chi connectivity index (χ2v) is 8.24. The lowest BCUT2D eigenvalue weighted by Gasteiger charge is -2.15. The average molecular weight is 446 g/mol. The lowest BCUT2D eigenvalue weighted by atomic mass is 10.2. The first-order valence-electron chi connectivity index (χ1n) is 9.30. The smallest absolute Gasteiger partial charge is 0.317 e. The number of aromatic nitrogens is 3. The molecule has 1 aromatic heterocycles. The molecule has 0 aliphatic heterocycles. The minimum Gasteiger partial charge on any atom is -0.497 e. The summed E-state index contributed by atoms with van der Waals surface area (Å²) in [5.41, 5.74) is 3.02. The van der Waals surface area contributed by atoms with Gasteiger partial charge in [-0.3, -0.25) is 4.57 Å². The molecule has 0 aliphatic rings. The minimum atomic E-state index is -0.196. The van der Waals surface area contributed by atoms with Gasteiger partial charge in [-0.25, -0.2) is 4.79 Å². The number of urea groups is 1. The van der Waals surface area contributed by atoms with E-state index in [4.69, 9.17) is 16.3 Å². The first kappa shape index (κ1) is 22.0. The number of methoxy groups -OCH3 is 1. The lowest BCUT2D eigenvalue weighted by Crippen LogP contribution is -2.34. The largest absolute Gasteiger partial charge is 0.497 e. The molecule has 0 saturated carbocycles. The van der Waals surface area contributed by atoms with Crippen molar-refractivity contribution >= 4 is 29.4 Å². The van der Waals surface area contributed by atoms with E-state index in [0.29, 0.717) is 16.6 Å². The van der Waals surface area contributed by atoms with Crippen LogP contribution in [0.1, 0.15) is 17.0 Å². The number of carbonyl (C=O) groups is 1. The Labute approximate surface area is 185 Å². The molecule has 3 aromatic rings. The normalized spacial score (nSPS) is 10.7. The van der Waals surface area contributed by atoms with Crippen LogP contribution in [0.15, 0.2) is 47.6 Å². The summed E-state index contributed by atoms with van der Waals surface area (Å²) in [6.45, 7) is 2.25. The Morgan fingerprint density at radius 1 is 1.23 bits per heavy atom. The van der Waals surface area contributed by atoms with E-state index in [1.165, 1.54) is 4.90 Å². The zero-order chi connectivity index (χ0) is 21.7. The molecule has 7 nitrogen and oxygen atoms in total. The molecule has 0 radical (unpaired) electrons. The van der Waals surface area contributed by atoms with Crippen LogP contribution in [0.4, 0.5) is 4.79 Å². The average Bonchev–Trinajstić information content (AvgIpc) is 3.14. The Kier molecular flexibility index (Phi) is 7.23. The summed E-state index contributed by atoms with van der Waals surface area (Å²) in [4.78, 5) is 13.5. The first-order valence-corrected chi connectivity index (χ1v) is 10.7. The highest BCUT2D eigenvalue weighted by atomic mass is 35.5. The highest BCUT2D eigenvalue weighted by Gasteiger charge is 2.18. The van der Waals surface area contributed by atoms with E-state index in [2.05, 4.69) is 15.5 Å². The molecule has 0 fully saturated rings. The monoisotopic (exact) mass is 445 g/mol. The molecule has 0 saturated heterocycles. The second-order valence-electron chi connectivity index (χ2n) is 6.86. The van der Waals surface area contributed by atoms with Gasteiger partial charge in [0.1, 0.15) is 5.75 Å². The maximum atomic E-state index is 12.0. The molecule has 158 valence electrons. The van der Waals surface area contributed by atoms with E-state index < -0.39 is 0 Å². The lowest BCUT2D eigenvalue weighted by molar-refractivity contribution is 0.216. The van der Waals surface area contributed by atoms with Crippen molar-refractivity contribution in [2.45, 2.75) is 24.4 Å². The molecular formula is C21H24ClN5O2S. The van der Waals surface area contributed by atoms with E-state index in [-0.39, 0.29) is 12.6 Å². The Hall–Kier alpha value is -2.71. The number of hydrogen-bond acceptors (Lipinski definition) is 5. The minimum absolute atomic E-state index is 0.196. The van der Waals surface area contributed by atoms with Crippen molar-refractivity contribution in [3.05, 3.63) is 64.4 Å². The summed E-state index contributed by atoms with van der Waals surface area (Å²) in [5.74, 6) is 2.13. The third-order valence-electron chi connectivity index (χ3n) is 4.42. The number of rotatable bonds is 7. The maximum Gasteiger partial charge on any atom is 0.317 e. The van der Waals surface area contributed by atoms with Gasteiger partial charge in [-0.2, -0.15) is 0 Å². The summed E-state index contributed by atoms with van der Waals surface area (Å²) in [6.07, 6.45) is 0. The molecule has 30 heavy (non-hydrogen) atoms. The number of halogens is 1. The van der Waals surface area contributed by atoms with E-state index in [9.17, 15) is 4.79 Å². The van der Waals surface area contributed by atoms with Gasteiger partial charge < -0.3 is 15.0 Å². The van der Waals surface area contributed by atoms with Gasteiger partial charge in [0.15, 0.2) is 11.0 Å². The van der Waals surface area contributed by atoms with Crippen LogP contribution in [0, 0.1) is 6.92 Å². The van der Waals surface area contributed by atoms with Gasteiger partial charge in [0.05, 0.1) is 19.3 Å². The van der Waals surface area contributed by atoms with E-state index >= 15 is 0 Å². The maximum absolute atomic E-state index is 12.0. The van der Waals surface area contributed by atoms with Crippen molar-refractivity contribution in [1.29, 1.82) is 0 Å². The number of thioether (sulfide) groups is 1. The van der Waals surface area contributed by atoms with Crippen LogP contribution >= 0.6 is 23.4 Å². The van der Waals surface area contributed by atoms with Crippen LogP contribution in [-0.2, 0) is 12.3 Å². The van der Waals surface area contributed by atoms with Crippen LogP contribution < -0.4 is 10.1 Å². The number of hydrogen-bond donors (Lipinski definition) is 1. The van der Waals surface area contributed by atoms with E-state index in [0.717, 1.165) is 27.7 Å². The number of aryl methyl sites for hydroxylation is 1. The van der Waals surface area contributed by atoms with Gasteiger partial charge in [0.2, 0.25) is 0 Å². The summed E-state index contributed by atoms with van der Waals surface area (Å²) in [6, 6.07) is 13.4. The van der Waals surface area contributed by atoms with Gasteiger partial charge in [-0.1, -0.05) is 41.6 Å². The molecule has 0 unspecified atom stereocenters. The number of nitrogens with zero attached hydrogens (tertiary/aromatic N) is 4. The topological polar surface area (TPSA) is 72.3 Å². The van der Waals surface area contributed by atoms with Gasteiger partial charge >= 0.3 is 6.03 Å². The molecule has 0 atom stereocenters. The Morgan fingerprint density at radius 3 is 2.77 bits per heavy atom. The molecule has 0 bridgehead atoms. The van der Waals surface area contributed by atoms with Crippen LogP contribution in [0.5, 0.6) is 5.75 Å². The number of carbonyl (C=O) groups excluding carboxylic acids is 1. The highest BCUT2D eigenvalue weighted by molar-refractivity contribution is 7.98. The predicted molar refractivity (Wildman–Crippen MR) is 120 cm³/mol. The number of amides is 2. The summed E-state index contributed by atoms with van der Waals surface area (Å²) >= 11 is 7.82. The highest BCUT2D eigenvalue weighted by Crippen LogP contribution is 2.29. The first-order chi connectivity index (χ1) is 14.4. The Morgan fingerprint density at radius 2 is 2.03 bits per heavy atom. The van der Waals surface area contributed by atoms with Gasteiger partial charge in [-0.05, 0) is 42.3 Å². The fraction of sp³-hybridized carbons (Fsp3) is 0.286. The number of ether oxygens (including phenoxy) is 1. The van der Waals surface area contributed by atoms with Gasteiger partial charge in [0, 0.05) is 24.9 Å². The molecule has 1 N–H and O–H groups in total. The molecule has 9 heteroatoms. The van der Waals surface area contributed by atoms with Crippen molar-refractivity contribution < 1.29 is 9.53 Å². The van der Waals surface area contributed by atoms with Crippen LogP contribution in [0.2, 0.25) is 5.02 Å². The third kappa shape index (κ3) is 5.25. The van der Waals surface area contributed by atoms with Gasteiger partial charge in [-0.15, -0.1) is 10.2 Å². The van der Waals surface area contributed by atoms with Crippen molar-refractivity contribution in [3.63, 3.8) is 0 Å². The molecule has 0 aliphatic carbocycles. The fourth-order valence-electron chi connectivity index (χ4n) is 2.80.